The molecule has 0 radical (unpaired) electrons. The lowest BCUT2D eigenvalue weighted by Gasteiger charge is -2.35. The molecule has 0 saturated carbocycles. The molecule has 13 nitrogen and oxygen atoms in total. The number of piperazine rings is 1. The number of ether oxygens (including phenoxy) is 1. The lowest BCUT2D eigenvalue weighted by Crippen LogP contribution is -2.50. The molecule has 37 heavy (non-hydrogen) atoms. The molecule has 5 heterocycles. The number of amides is 1. The summed E-state index contributed by atoms with van der Waals surface area (Å²) >= 11 is 0. The van der Waals surface area contributed by atoms with Crippen LogP contribution in [0.2, 0.25) is 0 Å². The van der Waals surface area contributed by atoms with Crippen molar-refractivity contribution in [3.05, 3.63) is 12.0 Å². The highest BCUT2D eigenvalue weighted by Crippen LogP contribution is 2.33. The molecule has 16 heteroatoms. The Hall–Kier alpha value is -3.50. The zero-order chi connectivity index (χ0) is 26.2. The van der Waals surface area contributed by atoms with Crippen molar-refractivity contribution in [3.8, 4) is 0 Å². The van der Waals surface area contributed by atoms with E-state index in [4.69, 9.17) is 15.6 Å². The zero-order valence-corrected chi connectivity index (χ0v) is 19.9. The van der Waals surface area contributed by atoms with Crippen LogP contribution in [-0.4, -0.2) is 113 Å². The second-order valence-corrected chi connectivity index (χ2v) is 8.77. The molecule has 4 N–H and O–H groups in total. The number of hydrogen-bond acceptors (Lipinski definition) is 11. The number of aliphatic imine (C=N–C) groups is 1. The zero-order valence-electron chi connectivity index (χ0n) is 19.9. The first-order valence-corrected chi connectivity index (χ1v) is 11.8. The summed E-state index contributed by atoms with van der Waals surface area (Å²) in [5, 5.41) is 12.0. The van der Waals surface area contributed by atoms with Crippen molar-refractivity contribution in [3.63, 3.8) is 0 Å². The number of nitrogens with zero attached hydrogens (tertiary/aromatic N) is 8. The largest absolute Gasteiger partial charge is 0.406 e. The number of anilines is 2. The Morgan fingerprint density at radius 3 is 2.46 bits per heavy atom. The molecule has 3 aliphatic heterocycles. The van der Waals surface area contributed by atoms with Gasteiger partial charge in [0.05, 0.1) is 18.8 Å². The van der Waals surface area contributed by atoms with Gasteiger partial charge in [0.1, 0.15) is 13.2 Å². The number of allylic oxidation sites excluding steroid dienone is 1. The van der Waals surface area contributed by atoms with E-state index in [1.54, 1.807) is 11.1 Å². The van der Waals surface area contributed by atoms with Crippen molar-refractivity contribution in [2.45, 2.75) is 19.0 Å². The van der Waals surface area contributed by atoms with E-state index >= 15 is 0 Å². The third-order valence-corrected chi connectivity index (χ3v) is 6.30. The quantitative estimate of drug-likeness (QED) is 0.450. The van der Waals surface area contributed by atoms with Crippen LogP contribution in [0.5, 0.6) is 0 Å². The summed E-state index contributed by atoms with van der Waals surface area (Å²) in [6.45, 7) is 0.942. The standard InChI is InChI=1S/C21H27F3N10O3/c22-21(23,24)12-34-18-15(28-20(34)33-3-1-31(2-4-33)14(36)11-35)17(32-5-7-37-8-6-32)29-16(30-18)13-9-26-19(25)27-10-13/h9-10,19,26,35H,1-8,11-12,25H2. The van der Waals surface area contributed by atoms with Crippen LogP contribution in [0, 0.1) is 0 Å². The molecule has 0 aliphatic carbocycles. The summed E-state index contributed by atoms with van der Waals surface area (Å²) in [5.41, 5.74) is 6.48. The van der Waals surface area contributed by atoms with E-state index in [2.05, 4.69) is 25.3 Å². The number of nitrogens with one attached hydrogen (secondary N) is 1. The van der Waals surface area contributed by atoms with E-state index in [1.807, 2.05) is 4.90 Å². The van der Waals surface area contributed by atoms with Gasteiger partial charge in [0.2, 0.25) is 11.9 Å². The molecule has 3 aliphatic rings. The number of carbonyl (C=O) groups is 1. The molecule has 1 unspecified atom stereocenters. The Balaban J connectivity index is 1.62. The summed E-state index contributed by atoms with van der Waals surface area (Å²) in [6, 6.07) is 0. The number of fused-ring (bicyclic) bond motifs is 1. The van der Waals surface area contributed by atoms with Gasteiger partial charge < -0.3 is 29.9 Å². The minimum absolute atomic E-state index is 0.0388. The maximum atomic E-state index is 13.8. The Labute approximate surface area is 209 Å². The molecule has 1 atom stereocenters. The van der Waals surface area contributed by atoms with E-state index in [-0.39, 0.29) is 49.1 Å². The summed E-state index contributed by atoms with van der Waals surface area (Å²) in [4.78, 5) is 34.8. The van der Waals surface area contributed by atoms with Gasteiger partial charge in [0, 0.05) is 51.7 Å². The minimum Gasteiger partial charge on any atom is -0.387 e. The summed E-state index contributed by atoms with van der Waals surface area (Å²) < 4.78 is 47.9. The SMILES string of the molecule is NC1N=CC(c2nc(N3CCOCC3)c3nc(N4CCN(C(=O)CO)CC4)n(CC(F)(F)F)c3n2)=CN1. The van der Waals surface area contributed by atoms with Crippen LogP contribution in [0.1, 0.15) is 5.82 Å². The van der Waals surface area contributed by atoms with Gasteiger partial charge in [-0.3, -0.25) is 20.1 Å². The van der Waals surface area contributed by atoms with Crippen LogP contribution in [0.4, 0.5) is 24.9 Å². The number of nitrogens with two attached hydrogens (primary N) is 1. The molecular weight excluding hydrogens is 497 g/mol. The van der Waals surface area contributed by atoms with Gasteiger partial charge in [-0.15, -0.1) is 0 Å². The van der Waals surface area contributed by atoms with Crippen LogP contribution >= 0.6 is 0 Å². The number of imidazole rings is 1. The lowest BCUT2D eigenvalue weighted by molar-refractivity contribution is -0.139. The van der Waals surface area contributed by atoms with Crippen LogP contribution in [0.15, 0.2) is 11.2 Å². The number of aromatic nitrogens is 4. The number of morpholine rings is 1. The molecule has 2 saturated heterocycles. The molecule has 1 amide bonds. The monoisotopic (exact) mass is 524 g/mol. The summed E-state index contributed by atoms with van der Waals surface area (Å²) in [7, 11) is 0. The number of hydrogen-bond donors (Lipinski definition) is 3. The molecular formula is C21H27F3N10O3. The van der Waals surface area contributed by atoms with Gasteiger partial charge in [-0.1, -0.05) is 0 Å². The lowest BCUT2D eigenvalue weighted by atomic mass is 10.2. The van der Waals surface area contributed by atoms with Gasteiger partial charge in [-0.05, 0) is 0 Å². The maximum absolute atomic E-state index is 13.8. The maximum Gasteiger partial charge on any atom is 0.406 e. The Kier molecular flexibility index (Phi) is 6.87. The van der Waals surface area contributed by atoms with E-state index in [9.17, 15) is 18.0 Å². The molecule has 200 valence electrons. The molecule has 2 aromatic rings. The normalized spacial score (nSPS) is 20.8. The third kappa shape index (κ3) is 5.30. The van der Waals surface area contributed by atoms with Crippen molar-refractivity contribution in [1.29, 1.82) is 0 Å². The molecule has 0 spiro atoms. The predicted molar refractivity (Wildman–Crippen MR) is 128 cm³/mol. The van der Waals surface area contributed by atoms with Crippen molar-refractivity contribution >= 4 is 40.6 Å². The van der Waals surface area contributed by atoms with Crippen LogP contribution in [0.25, 0.3) is 16.7 Å². The summed E-state index contributed by atoms with van der Waals surface area (Å²) in [6.07, 6.45) is -2.12. The van der Waals surface area contributed by atoms with E-state index < -0.39 is 31.5 Å². The number of alkyl halides is 3. The van der Waals surface area contributed by atoms with E-state index in [1.165, 1.54) is 11.1 Å². The summed E-state index contributed by atoms with van der Waals surface area (Å²) in [5.74, 6) is 0.259. The van der Waals surface area contributed by atoms with Gasteiger partial charge in [0.15, 0.2) is 29.1 Å². The Morgan fingerprint density at radius 2 is 1.84 bits per heavy atom. The van der Waals surface area contributed by atoms with Gasteiger partial charge in [0.25, 0.3) is 0 Å². The van der Waals surface area contributed by atoms with Crippen LogP contribution in [-0.2, 0) is 16.1 Å². The van der Waals surface area contributed by atoms with Gasteiger partial charge >= 0.3 is 6.18 Å². The molecule has 0 bridgehead atoms. The number of rotatable bonds is 5. The minimum atomic E-state index is -4.54. The van der Waals surface area contributed by atoms with Gasteiger partial charge in [-0.2, -0.15) is 13.2 Å². The van der Waals surface area contributed by atoms with E-state index in [0.29, 0.717) is 37.7 Å². The second kappa shape index (κ2) is 10.1. The molecule has 2 aromatic heterocycles. The highest BCUT2D eigenvalue weighted by molar-refractivity contribution is 6.09. The van der Waals surface area contributed by atoms with Gasteiger partial charge in [-0.25, -0.2) is 15.0 Å². The smallest absolute Gasteiger partial charge is 0.387 e. The van der Waals surface area contributed by atoms with Crippen LogP contribution < -0.4 is 20.9 Å². The van der Waals surface area contributed by atoms with Crippen LogP contribution in [0.3, 0.4) is 0 Å². The number of halogens is 3. The molecule has 5 rings (SSSR count). The average Bonchev–Trinajstić information content (AvgIpc) is 3.25. The highest BCUT2D eigenvalue weighted by atomic mass is 19.4. The fourth-order valence-corrected chi connectivity index (χ4v) is 4.46. The first kappa shape index (κ1) is 25.2. The number of aliphatic hydroxyl groups is 1. The van der Waals surface area contributed by atoms with Crippen molar-refractivity contribution in [1.82, 2.24) is 29.7 Å². The first-order valence-electron chi connectivity index (χ1n) is 11.8. The average molecular weight is 525 g/mol. The fourth-order valence-electron chi connectivity index (χ4n) is 4.46. The number of aliphatic hydroxyl groups excluding tert-OH is 1. The third-order valence-electron chi connectivity index (χ3n) is 6.30. The number of carbonyl (C=O) groups excluding carboxylic acids is 1. The van der Waals surface area contributed by atoms with Crippen molar-refractivity contribution in [2.75, 3.05) is 68.9 Å². The van der Waals surface area contributed by atoms with Crippen molar-refractivity contribution < 1.29 is 27.8 Å². The molecule has 2 fully saturated rings. The second-order valence-electron chi connectivity index (χ2n) is 8.77. The Morgan fingerprint density at radius 1 is 1.11 bits per heavy atom. The highest BCUT2D eigenvalue weighted by Gasteiger charge is 2.35. The first-order chi connectivity index (χ1) is 17.7. The topological polar surface area (TPSA) is 150 Å². The Bertz CT molecular complexity index is 1220. The molecule has 0 aromatic carbocycles. The van der Waals surface area contributed by atoms with E-state index in [0.717, 1.165) is 4.57 Å². The predicted octanol–water partition coefficient (Wildman–Crippen LogP) is -0.877. The fraction of sp³-hybridized carbons (Fsp3) is 0.571. The van der Waals surface area contributed by atoms with Crippen molar-refractivity contribution in [2.24, 2.45) is 10.7 Å².